The molecule has 0 atom stereocenters. The standard InChI is InChI=1S/C20H18N6O/c21-20(27)26(16-9-5-2-6-10-16)25-14-24-18-17(22-13-23-19(18)25)12-11-15-7-3-1-4-8-15/h1-10,13-14H,11-12H2,(H2,21,27). The van der Waals surface area contributed by atoms with Gasteiger partial charge in [0.25, 0.3) is 0 Å². The molecular weight excluding hydrogens is 340 g/mol. The molecule has 2 aromatic carbocycles. The lowest BCUT2D eigenvalue weighted by Gasteiger charge is -2.21. The minimum Gasteiger partial charge on any atom is -0.350 e. The second kappa shape index (κ2) is 7.25. The van der Waals surface area contributed by atoms with E-state index in [2.05, 4.69) is 27.1 Å². The second-order valence-electron chi connectivity index (χ2n) is 6.05. The third-order valence-corrected chi connectivity index (χ3v) is 4.31. The topological polar surface area (TPSA) is 89.9 Å². The van der Waals surface area contributed by atoms with Crippen LogP contribution in [0.5, 0.6) is 0 Å². The van der Waals surface area contributed by atoms with Crippen molar-refractivity contribution in [3.05, 3.63) is 84.6 Å². The minimum absolute atomic E-state index is 0.538. The maximum atomic E-state index is 12.1. The van der Waals surface area contributed by atoms with Crippen LogP contribution in [0, 0.1) is 0 Å². The molecule has 2 amide bonds. The van der Waals surface area contributed by atoms with Gasteiger partial charge >= 0.3 is 6.03 Å². The Morgan fingerprint density at radius 2 is 1.63 bits per heavy atom. The zero-order valence-electron chi connectivity index (χ0n) is 14.6. The number of nitrogens with zero attached hydrogens (tertiary/aromatic N) is 5. The summed E-state index contributed by atoms with van der Waals surface area (Å²) < 4.78 is 1.56. The highest BCUT2D eigenvalue weighted by atomic mass is 16.2. The van der Waals surface area contributed by atoms with Gasteiger partial charge in [0, 0.05) is 0 Å². The number of nitrogens with two attached hydrogens (primary N) is 1. The number of para-hydroxylation sites is 1. The monoisotopic (exact) mass is 358 g/mol. The van der Waals surface area contributed by atoms with E-state index in [0.29, 0.717) is 16.9 Å². The Morgan fingerprint density at radius 1 is 0.926 bits per heavy atom. The van der Waals surface area contributed by atoms with Gasteiger partial charge in [0.15, 0.2) is 5.65 Å². The normalized spacial score (nSPS) is 10.8. The molecule has 4 rings (SSSR count). The number of rotatable bonds is 5. The number of fused-ring (bicyclic) bond motifs is 1. The first-order valence-corrected chi connectivity index (χ1v) is 8.60. The molecule has 2 aromatic heterocycles. The third-order valence-electron chi connectivity index (χ3n) is 4.31. The SMILES string of the molecule is NC(=O)N(c1ccccc1)n1cnc2c(CCc3ccccc3)ncnc21. The van der Waals surface area contributed by atoms with Crippen molar-refractivity contribution in [2.45, 2.75) is 12.8 Å². The molecule has 27 heavy (non-hydrogen) atoms. The first-order chi connectivity index (χ1) is 13.2. The number of benzene rings is 2. The number of amides is 2. The number of primary amides is 1. The van der Waals surface area contributed by atoms with E-state index in [1.165, 1.54) is 16.9 Å². The first-order valence-electron chi connectivity index (χ1n) is 8.60. The Balaban J connectivity index is 1.70. The van der Waals surface area contributed by atoms with Gasteiger partial charge in [-0.25, -0.2) is 24.4 Å². The lowest BCUT2D eigenvalue weighted by molar-refractivity contribution is 0.252. The molecule has 0 aliphatic heterocycles. The zero-order chi connectivity index (χ0) is 18.6. The van der Waals surface area contributed by atoms with Crippen molar-refractivity contribution in [1.82, 2.24) is 19.6 Å². The smallest absolute Gasteiger partial charge is 0.338 e. The van der Waals surface area contributed by atoms with Gasteiger partial charge in [-0.2, -0.15) is 5.01 Å². The highest BCUT2D eigenvalue weighted by Gasteiger charge is 2.19. The molecule has 0 aliphatic rings. The molecule has 0 bridgehead atoms. The zero-order valence-corrected chi connectivity index (χ0v) is 14.6. The summed E-state index contributed by atoms with van der Waals surface area (Å²) in [6.45, 7) is 0. The van der Waals surface area contributed by atoms with Gasteiger partial charge in [-0.05, 0) is 30.5 Å². The highest BCUT2D eigenvalue weighted by molar-refractivity contribution is 5.92. The molecule has 0 unspecified atom stereocenters. The summed E-state index contributed by atoms with van der Waals surface area (Å²) >= 11 is 0. The fraction of sp³-hybridized carbons (Fsp3) is 0.100. The average molecular weight is 358 g/mol. The van der Waals surface area contributed by atoms with Crippen LogP contribution in [0.3, 0.4) is 0 Å². The van der Waals surface area contributed by atoms with Crippen LogP contribution in [-0.2, 0) is 12.8 Å². The molecule has 2 N–H and O–H groups in total. The van der Waals surface area contributed by atoms with Crippen LogP contribution < -0.4 is 10.7 Å². The third kappa shape index (κ3) is 3.35. The number of carbonyl (C=O) groups is 1. The molecule has 0 fully saturated rings. The van der Waals surface area contributed by atoms with Gasteiger partial charge in [0.1, 0.15) is 18.2 Å². The van der Waals surface area contributed by atoms with Crippen molar-refractivity contribution in [3.63, 3.8) is 0 Å². The Morgan fingerprint density at radius 3 is 2.33 bits per heavy atom. The van der Waals surface area contributed by atoms with Crippen LogP contribution in [0.1, 0.15) is 11.3 Å². The average Bonchev–Trinajstić information content (AvgIpc) is 3.12. The van der Waals surface area contributed by atoms with Gasteiger partial charge in [0.05, 0.1) is 11.4 Å². The molecule has 0 saturated heterocycles. The van der Waals surface area contributed by atoms with E-state index in [0.717, 1.165) is 18.5 Å². The summed E-state index contributed by atoms with van der Waals surface area (Å²) in [7, 11) is 0. The maximum Gasteiger partial charge on any atom is 0.338 e. The Bertz CT molecular complexity index is 1060. The summed E-state index contributed by atoms with van der Waals surface area (Å²) in [5.41, 5.74) is 9.51. The Labute approximate surface area is 156 Å². The van der Waals surface area contributed by atoms with Crippen LogP contribution in [0.2, 0.25) is 0 Å². The van der Waals surface area contributed by atoms with Gasteiger partial charge in [-0.15, -0.1) is 0 Å². The number of hydrogen-bond donors (Lipinski definition) is 1. The predicted octanol–water partition coefficient (Wildman–Crippen LogP) is 2.96. The summed E-state index contributed by atoms with van der Waals surface area (Å²) in [5, 5.41) is 1.34. The molecule has 7 nitrogen and oxygen atoms in total. The van der Waals surface area contributed by atoms with Crippen LogP contribution >= 0.6 is 0 Å². The van der Waals surface area contributed by atoms with Crippen LogP contribution in [0.15, 0.2) is 73.3 Å². The largest absolute Gasteiger partial charge is 0.350 e. The fourth-order valence-electron chi connectivity index (χ4n) is 3.04. The van der Waals surface area contributed by atoms with Gasteiger partial charge in [-0.3, -0.25) is 0 Å². The summed E-state index contributed by atoms with van der Waals surface area (Å²) in [5.74, 6) is 0. The van der Waals surface area contributed by atoms with Crippen LogP contribution in [0.25, 0.3) is 11.2 Å². The van der Waals surface area contributed by atoms with Crippen molar-refractivity contribution < 1.29 is 4.79 Å². The number of aromatic nitrogens is 4. The highest BCUT2D eigenvalue weighted by Crippen LogP contribution is 2.20. The van der Waals surface area contributed by atoms with E-state index < -0.39 is 6.03 Å². The van der Waals surface area contributed by atoms with Gasteiger partial charge < -0.3 is 5.73 Å². The van der Waals surface area contributed by atoms with Crippen LogP contribution in [0.4, 0.5) is 10.5 Å². The Kier molecular flexibility index (Phi) is 4.49. The van der Waals surface area contributed by atoms with E-state index in [1.54, 1.807) is 23.1 Å². The van der Waals surface area contributed by atoms with E-state index in [1.807, 2.05) is 36.4 Å². The van der Waals surface area contributed by atoms with E-state index in [-0.39, 0.29) is 0 Å². The molecule has 7 heteroatoms. The number of aryl methyl sites for hydroxylation is 2. The molecule has 0 spiro atoms. The van der Waals surface area contributed by atoms with E-state index in [4.69, 9.17) is 5.73 Å². The molecular formula is C20H18N6O. The number of carbonyl (C=O) groups excluding carboxylic acids is 1. The molecule has 0 radical (unpaired) electrons. The predicted molar refractivity (Wildman–Crippen MR) is 103 cm³/mol. The molecule has 4 aromatic rings. The van der Waals surface area contributed by atoms with Crippen molar-refractivity contribution in [2.24, 2.45) is 5.73 Å². The maximum absolute atomic E-state index is 12.1. The quantitative estimate of drug-likeness (QED) is 0.594. The summed E-state index contributed by atoms with van der Waals surface area (Å²) in [6.07, 6.45) is 4.61. The fourth-order valence-corrected chi connectivity index (χ4v) is 3.04. The van der Waals surface area contributed by atoms with Crippen molar-refractivity contribution in [2.75, 3.05) is 5.01 Å². The van der Waals surface area contributed by atoms with Crippen molar-refractivity contribution in [3.8, 4) is 0 Å². The lowest BCUT2D eigenvalue weighted by atomic mass is 10.1. The molecule has 0 aliphatic carbocycles. The second-order valence-corrected chi connectivity index (χ2v) is 6.05. The lowest BCUT2D eigenvalue weighted by Crippen LogP contribution is -2.39. The van der Waals surface area contributed by atoms with Gasteiger partial charge in [0.2, 0.25) is 0 Å². The summed E-state index contributed by atoms with van der Waals surface area (Å²) in [6, 6.07) is 18.7. The van der Waals surface area contributed by atoms with E-state index in [9.17, 15) is 4.79 Å². The Hall–Kier alpha value is -3.74. The number of hydrogen-bond acceptors (Lipinski definition) is 4. The van der Waals surface area contributed by atoms with Crippen LogP contribution in [-0.4, -0.2) is 25.7 Å². The first kappa shape index (κ1) is 16.7. The van der Waals surface area contributed by atoms with Gasteiger partial charge in [-0.1, -0.05) is 48.5 Å². The molecule has 2 heterocycles. The number of imidazole rings is 1. The van der Waals surface area contributed by atoms with E-state index >= 15 is 0 Å². The molecule has 134 valence electrons. The number of anilines is 1. The van der Waals surface area contributed by atoms with Crippen molar-refractivity contribution in [1.29, 1.82) is 0 Å². The van der Waals surface area contributed by atoms with Crippen molar-refractivity contribution >= 4 is 22.9 Å². The molecule has 0 saturated carbocycles. The minimum atomic E-state index is -0.620. The number of urea groups is 1. The summed E-state index contributed by atoms with van der Waals surface area (Å²) in [4.78, 5) is 25.3.